The van der Waals surface area contributed by atoms with E-state index in [0.717, 1.165) is 5.56 Å². The smallest absolute Gasteiger partial charge is 0.407 e. The average Bonchev–Trinajstić information content (AvgIpc) is 3.12. The summed E-state index contributed by atoms with van der Waals surface area (Å²) in [4.78, 5) is 23.6. The molecule has 1 saturated carbocycles. The Balaban J connectivity index is 1.57. The van der Waals surface area contributed by atoms with Gasteiger partial charge in [0.05, 0.1) is 19.3 Å². The zero-order valence-corrected chi connectivity index (χ0v) is 15.7. The van der Waals surface area contributed by atoms with Crippen LogP contribution in [-0.4, -0.2) is 55.9 Å². The number of hydrogen-bond donors (Lipinski definition) is 1. The molecule has 27 heavy (non-hydrogen) atoms. The summed E-state index contributed by atoms with van der Waals surface area (Å²) in [5.74, 6) is -1.26. The van der Waals surface area contributed by atoms with Gasteiger partial charge in [-0.3, -0.25) is 0 Å². The zero-order valence-electron chi connectivity index (χ0n) is 15.7. The molecule has 1 aromatic carbocycles. The number of rotatable bonds is 6. The third-order valence-electron chi connectivity index (χ3n) is 4.57. The van der Waals surface area contributed by atoms with E-state index in [1.165, 1.54) is 7.11 Å². The molecule has 1 saturated heterocycles. The quantitative estimate of drug-likeness (QED) is 0.753. The number of ether oxygens (including phenoxy) is 5. The summed E-state index contributed by atoms with van der Waals surface area (Å²) in [5.41, 5.74) is 0.901. The lowest BCUT2D eigenvalue weighted by molar-refractivity contribution is -0.172. The molecule has 1 amide bonds. The van der Waals surface area contributed by atoms with Crippen molar-refractivity contribution in [2.45, 2.75) is 57.0 Å². The molecule has 1 aliphatic heterocycles. The number of nitrogens with one attached hydrogen (secondary N) is 1. The van der Waals surface area contributed by atoms with E-state index < -0.39 is 24.0 Å². The number of methoxy groups -OCH3 is 1. The fourth-order valence-corrected chi connectivity index (χ4v) is 3.39. The zero-order chi connectivity index (χ0) is 19.4. The van der Waals surface area contributed by atoms with Crippen LogP contribution in [0.25, 0.3) is 0 Å². The highest BCUT2D eigenvalue weighted by atomic mass is 16.8. The van der Waals surface area contributed by atoms with E-state index >= 15 is 0 Å². The van der Waals surface area contributed by atoms with E-state index in [1.807, 2.05) is 30.3 Å². The van der Waals surface area contributed by atoms with E-state index in [2.05, 4.69) is 10.1 Å². The van der Waals surface area contributed by atoms with E-state index in [-0.39, 0.29) is 31.5 Å². The summed E-state index contributed by atoms with van der Waals surface area (Å²) in [6.45, 7) is 3.60. The summed E-state index contributed by atoms with van der Waals surface area (Å²) in [6.07, 6.45) is -1.25. The van der Waals surface area contributed by atoms with Crippen LogP contribution < -0.4 is 5.32 Å². The van der Waals surface area contributed by atoms with Gasteiger partial charge < -0.3 is 29.0 Å². The fraction of sp³-hybridized carbons (Fsp3) is 0.579. The van der Waals surface area contributed by atoms with Crippen molar-refractivity contribution in [3.63, 3.8) is 0 Å². The third kappa shape index (κ3) is 4.97. The van der Waals surface area contributed by atoms with Gasteiger partial charge in [0.25, 0.3) is 0 Å². The normalized spacial score (nSPS) is 28.4. The van der Waals surface area contributed by atoms with E-state index in [9.17, 15) is 9.59 Å². The summed E-state index contributed by atoms with van der Waals surface area (Å²) < 4.78 is 27.3. The Bertz CT molecular complexity index is 663. The van der Waals surface area contributed by atoms with Gasteiger partial charge in [0.1, 0.15) is 25.4 Å². The first-order valence-electron chi connectivity index (χ1n) is 8.89. The second-order valence-corrected chi connectivity index (χ2v) is 7.04. The molecule has 1 aromatic rings. The average molecular weight is 379 g/mol. The lowest BCUT2D eigenvalue weighted by Crippen LogP contribution is -2.43. The second kappa shape index (κ2) is 8.24. The number of esters is 1. The SMILES string of the molecule is COC(=O)CO[C@H]1CC(NC(=O)OCc2ccccc2)[C@@H]2OC(C)(C)O[C@H]12. The molecule has 0 bridgehead atoms. The van der Waals surface area contributed by atoms with Crippen LogP contribution in [0.15, 0.2) is 30.3 Å². The van der Waals surface area contributed by atoms with Crippen molar-refractivity contribution in [3.05, 3.63) is 35.9 Å². The van der Waals surface area contributed by atoms with Crippen molar-refractivity contribution in [1.82, 2.24) is 5.32 Å². The first-order valence-corrected chi connectivity index (χ1v) is 8.89. The first kappa shape index (κ1) is 19.6. The molecule has 148 valence electrons. The van der Waals surface area contributed by atoms with Gasteiger partial charge in [-0.25, -0.2) is 9.59 Å². The highest BCUT2D eigenvalue weighted by Gasteiger charge is 2.55. The van der Waals surface area contributed by atoms with Crippen LogP contribution in [-0.2, 0) is 35.1 Å². The molecule has 0 aromatic heterocycles. The van der Waals surface area contributed by atoms with Crippen molar-refractivity contribution < 1.29 is 33.3 Å². The number of amides is 1. The van der Waals surface area contributed by atoms with Gasteiger partial charge in [-0.1, -0.05) is 30.3 Å². The van der Waals surface area contributed by atoms with Crippen molar-refractivity contribution in [1.29, 1.82) is 0 Å². The lowest BCUT2D eigenvalue weighted by atomic mass is 10.2. The molecular formula is C19H25NO7. The predicted molar refractivity (Wildman–Crippen MR) is 93.7 cm³/mol. The molecule has 1 heterocycles. The monoisotopic (exact) mass is 379 g/mol. The summed E-state index contributed by atoms with van der Waals surface area (Å²) in [5, 5.41) is 2.83. The topological polar surface area (TPSA) is 92.3 Å². The van der Waals surface area contributed by atoms with Crippen molar-refractivity contribution in [3.8, 4) is 0 Å². The van der Waals surface area contributed by atoms with Crippen molar-refractivity contribution >= 4 is 12.1 Å². The van der Waals surface area contributed by atoms with Gasteiger partial charge in [0.2, 0.25) is 0 Å². The van der Waals surface area contributed by atoms with Gasteiger partial charge in [-0.2, -0.15) is 0 Å². The molecule has 8 heteroatoms. The van der Waals surface area contributed by atoms with Crippen molar-refractivity contribution in [2.75, 3.05) is 13.7 Å². The molecule has 4 atom stereocenters. The minimum atomic E-state index is -0.795. The van der Waals surface area contributed by atoms with Gasteiger partial charge >= 0.3 is 12.1 Å². The predicted octanol–water partition coefficient (Wildman–Crippen LogP) is 1.76. The molecule has 2 aliphatic rings. The van der Waals surface area contributed by atoms with Gasteiger partial charge in [0.15, 0.2) is 5.79 Å². The Kier molecular flexibility index (Phi) is 5.98. The summed E-state index contributed by atoms with van der Waals surface area (Å²) >= 11 is 0. The maximum absolute atomic E-state index is 12.2. The Hall–Kier alpha value is -2.16. The molecule has 1 unspecified atom stereocenters. The van der Waals surface area contributed by atoms with Crippen LogP contribution in [0.3, 0.4) is 0 Å². The standard InChI is InChI=1S/C19H25NO7/c1-19(2)26-16-13(9-14(17(16)27-19)24-11-15(21)23-3)20-18(22)25-10-12-7-5-4-6-8-12/h4-8,13-14,16-17H,9-11H2,1-3H3,(H,20,22)/t13?,14-,16-,17+/m0/s1. The van der Waals surface area contributed by atoms with Crippen LogP contribution in [0, 0.1) is 0 Å². The molecule has 1 N–H and O–H groups in total. The Morgan fingerprint density at radius 2 is 1.89 bits per heavy atom. The maximum atomic E-state index is 12.2. The highest BCUT2D eigenvalue weighted by Crippen LogP contribution is 2.39. The molecule has 8 nitrogen and oxygen atoms in total. The number of alkyl carbamates (subject to hydrolysis) is 1. The minimum Gasteiger partial charge on any atom is -0.467 e. The Morgan fingerprint density at radius 3 is 2.59 bits per heavy atom. The molecule has 2 fully saturated rings. The Labute approximate surface area is 158 Å². The van der Waals surface area contributed by atoms with Gasteiger partial charge in [0, 0.05) is 0 Å². The fourth-order valence-electron chi connectivity index (χ4n) is 3.39. The molecular weight excluding hydrogens is 354 g/mol. The van der Waals surface area contributed by atoms with E-state index in [0.29, 0.717) is 6.42 Å². The number of carbonyl (C=O) groups excluding carboxylic acids is 2. The van der Waals surface area contributed by atoms with Crippen LogP contribution in [0.5, 0.6) is 0 Å². The molecule has 0 spiro atoms. The summed E-state index contributed by atoms with van der Waals surface area (Å²) in [6, 6.07) is 9.08. The van der Waals surface area contributed by atoms with Crippen molar-refractivity contribution in [2.24, 2.45) is 0 Å². The number of carbonyl (C=O) groups is 2. The first-order chi connectivity index (χ1) is 12.9. The minimum absolute atomic E-state index is 0.179. The van der Waals surface area contributed by atoms with Crippen LogP contribution >= 0.6 is 0 Å². The highest BCUT2D eigenvalue weighted by molar-refractivity contribution is 5.70. The van der Waals surface area contributed by atoms with Crippen LogP contribution in [0.1, 0.15) is 25.8 Å². The Morgan fingerprint density at radius 1 is 1.19 bits per heavy atom. The van der Waals surface area contributed by atoms with Gasteiger partial charge in [-0.05, 0) is 25.8 Å². The van der Waals surface area contributed by atoms with Crippen LogP contribution in [0.4, 0.5) is 4.79 Å². The number of fused-ring (bicyclic) bond motifs is 1. The molecule has 1 aliphatic carbocycles. The van der Waals surface area contributed by atoms with E-state index in [1.54, 1.807) is 13.8 Å². The largest absolute Gasteiger partial charge is 0.467 e. The maximum Gasteiger partial charge on any atom is 0.407 e. The molecule has 0 radical (unpaired) electrons. The van der Waals surface area contributed by atoms with Gasteiger partial charge in [-0.15, -0.1) is 0 Å². The number of hydrogen-bond acceptors (Lipinski definition) is 7. The third-order valence-corrected chi connectivity index (χ3v) is 4.57. The molecule has 3 rings (SSSR count). The number of benzene rings is 1. The second-order valence-electron chi connectivity index (χ2n) is 7.04. The van der Waals surface area contributed by atoms with Crippen LogP contribution in [0.2, 0.25) is 0 Å². The summed E-state index contributed by atoms with van der Waals surface area (Å²) in [7, 11) is 1.30. The lowest BCUT2D eigenvalue weighted by Gasteiger charge is -2.23. The van der Waals surface area contributed by atoms with E-state index in [4.69, 9.17) is 18.9 Å².